The van der Waals surface area contributed by atoms with Crippen LogP contribution in [0.4, 0.5) is 10.1 Å². The van der Waals surface area contributed by atoms with Crippen LogP contribution in [-0.4, -0.2) is 10.9 Å². The summed E-state index contributed by atoms with van der Waals surface area (Å²) in [6.45, 7) is 3.54. The molecule has 4 rings (SSSR count). The number of oxazole rings is 1. The number of benzene rings is 2. The molecular formula is C18H13FN2O2S. The number of carbonyl (C=O) groups is 1. The summed E-state index contributed by atoms with van der Waals surface area (Å²) in [4.78, 5) is 17.3. The van der Waals surface area contributed by atoms with Gasteiger partial charge in [0, 0.05) is 22.7 Å². The van der Waals surface area contributed by atoms with Gasteiger partial charge in [-0.3, -0.25) is 4.79 Å². The van der Waals surface area contributed by atoms with E-state index in [0.717, 1.165) is 4.70 Å². The minimum absolute atomic E-state index is 0.257. The predicted octanol–water partition coefficient (Wildman–Crippen LogP) is 5.05. The Kier molecular flexibility index (Phi) is 3.35. The summed E-state index contributed by atoms with van der Waals surface area (Å²) < 4.78 is 20.2. The van der Waals surface area contributed by atoms with Crippen molar-refractivity contribution in [1.82, 2.24) is 4.98 Å². The average Bonchev–Trinajstić information content (AvgIpc) is 3.07. The van der Waals surface area contributed by atoms with Crippen molar-refractivity contribution in [3.8, 4) is 0 Å². The largest absolute Gasteiger partial charge is 0.441 e. The number of aromatic nitrogens is 1. The van der Waals surface area contributed by atoms with Crippen molar-refractivity contribution in [3.63, 3.8) is 0 Å². The molecule has 0 spiro atoms. The summed E-state index contributed by atoms with van der Waals surface area (Å²) in [7, 11) is 0. The Bertz CT molecular complexity index is 1100. The number of hydrogen-bond donors (Lipinski definition) is 1. The van der Waals surface area contributed by atoms with Crippen molar-refractivity contribution in [2.75, 3.05) is 5.32 Å². The van der Waals surface area contributed by atoms with Crippen LogP contribution in [0.2, 0.25) is 0 Å². The molecule has 2 aromatic carbocycles. The number of halogens is 1. The van der Waals surface area contributed by atoms with E-state index in [0.29, 0.717) is 38.5 Å². The van der Waals surface area contributed by atoms with Gasteiger partial charge in [-0.05, 0) is 42.8 Å². The third kappa shape index (κ3) is 2.35. The fourth-order valence-corrected chi connectivity index (χ4v) is 3.90. The van der Waals surface area contributed by atoms with E-state index >= 15 is 0 Å². The first-order chi connectivity index (χ1) is 11.5. The molecule has 4 nitrogen and oxygen atoms in total. The van der Waals surface area contributed by atoms with Crippen LogP contribution < -0.4 is 5.32 Å². The molecule has 120 valence electrons. The Morgan fingerprint density at radius 1 is 1.25 bits per heavy atom. The number of aryl methyl sites for hydroxylation is 2. The highest BCUT2D eigenvalue weighted by molar-refractivity contribution is 7.21. The van der Waals surface area contributed by atoms with E-state index in [1.807, 2.05) is 6.07 Å². The third-order valence-corrected chi connectivity index (χ3v) is 5.12. The summed E-state index contributed by atoms with van der Waals surface area (Å²) in [5, 5.41) is 3.36. The van der Waals surface area contributed by atoms with Crippen molar-refractivity contribution in [3.05, 3.63) is 58.5 Å². The summed E-state index contributed by atoms with van der Waals surface area (Å²) in [5.74, 6) is 0.0109. The van der Waals surface area contributed by atoms with Gasteiger partial charge in [0.1, 0.15) is 11.3 Å². The van der Waals surface area contributed by atoms with Gasteiger partial charge in [-0.15, -0.1) is 11.3 Å². The maximum atomic E-state index is 14.0. The number of carbonyl (C=O) groups excluding carboxylic acids is 1. The van der Waals surface area contributed by atoms with Crippen LogP contribution in [0.1, 0.15) is 21.1 Å². The molecule has 0 radical (unpaired) electrons. The second-order valence-corrected chi connectivity index (χ2v) is 6.59. The fourth-order valence-electron chi connectivity index (χ4n) is 2.78. The average molecular weight is 340 g/mol. The zero-order chi connectivity index (χ0) is 16.8. The van der Waals surface area contributed by atoms with Crippen LogP contribution in [0.15, 0.2) is 40.8 Å². The topological polar surface area (TPSA) is 55.1 Å². The highest BCUT2D eigenvalue weighted by atomic mass is 32.1. The van der Waals surface area contributed by atoms with Crippen molar-refractivity contribution in [1.29, 1.82) is 0 Å². The van der Waals surface area contributed by atoms with E-state index in [-0.39, 0.29) is 11.7 Å². The summed E-state index contributed by atoms with van der Waals surface area (Å²) in [6.07, 6.45) is 0. The minimum atomic E-state index is -0.306. The Hall–Kier alpha value is -2.73. The number of fused-ring (bicyclic) bond motifs is 2. The summed E-state index contributed by atoms with van der Waals surface area (Å²) >= 11 is 1.29. The first-order valence-electron chi connectivity index (χ1n) is 7.39. The van der Waals surface area contributed by atoms with E-state index in [1.54, 1.807) is 38.1 Å². The Labute approximate surface area is 140 Å². The maximum Gasteiger partial charge on any atom is 0.266 e. The van der Waals surface area contributed by atoms with Gasteiger partial charge in [0.2, 0.25) is 0 Å². The van der Waals surface area contributed by atoms with Crippen LogP contribution in [0.5, 0.6) is 0 Å². The normalized spacial score (nSPS) is 11.3. The monoisotopic (exact) mass is 340 g/mol. The molecule has 6 heteroatoms. The quantitative estimate of drug-likeness (QED) is 0.555. The van der Waals surface area contributed by atoms with Gasteiger partial charge in [0.15, 0.2) is 11.5 Å². The lowest BCUT2D eigenvalue weighted by atomic mass is 10.1. The second kappa shape index (κ2) is 5.42. The second-order valence-electron chi connectivity index (χ2n) is 5.54. The fraction of sp³-hybridized carbons (Fsp3) is 0.111. The van der Waals surface area contributed by atoms with Crippen molar-refractivity contribution in [2.45, 2.75) is 13.8 Å². The van der Waals surface area contributed by atoms with E-state index in [1.165, 1.54) is 17.4 Å². The lowest BCUT2D eigenvalue weighted by molar-refractivity contribution is 0.103. The van der Waals surface area contributed by atoms with Gasteiger partial charge in [0.05, 0.1) is 4.88 Å². The third-order valence-electron chi connectivity index (χ3n) is 3.86. The Balaban J connectivity index is 1.70. The predicted molar refractivity (Wildman–Crippen MR) is 93.2 cm³/mol. The molecule has 4 aromatic rings. The zero-order valence-electron chi connectivity index (χ0n) is 13.0. The van der Waals surface area contributed by atoms with E-state index < -0.39 is 0 Å². The Morgan fingerprint density at radius 3 is 2.88 bits per heavy atom. The van der Waals surface area contributed by atoms with Crippen molar-refractivity contribution >= 4 is 44.1 Å². The number of rotatable bonds is 2. The van der Waals surface area contributed by atoms with E-state index in [9.17, 15) is 9.18 Å². The number of hydrogen-bond acceptors (Lipinski definition) is 4. The van der Waals surface area contributed by atoms with Gasteiger partial charge in [-0.25, -0.2) is 9.37 Å². The molecule has 2 aromatic heterocycles. The number of thiophene rings is 1. The molecule has 0 aliphatic rings. The number of anilines is 1. The number of nitrogens with zero attached hydrogens (tertiary/aromatic N) is 1. The molecule has 0 bridgehead atoms. The standard InChI is InChI=1S/C18H13FN2O2S/c1-9-16-12(19)4-3-5-15(16)24-17(9)18(22)21-11-6-7-14-13(8-11)20-10(2)23-14/h3-8H,1-2H3,(H,21,22). The van der Waals surface area contributed by atoms with Crippen LogP contribution in [0, 0.1) is 19.7 Å². The molecule has 2 heterocycles. The molecule has 0 aliphatic carbocycles. The smallest absolute Gasteiger partial charge is 0.266 e. The molecule has 24 heavy (non-hydrogen) atoms. The van der Waals surface area contributed by atoms with E-state index in [2.05, 4.69) is 10.3 Å². The van der Waals surface area contributed by atoms with Crippen LogP contribution in [-0.2, 0) is 0 Å². The summed E-state index contributed by atoms with van der Waals surface area (Å²) in [6, 6.07) is 10.2. The van der Waals surface area contributed by atoms with Gasteiger partial charge in [0.25, 0.3) is 5.91 Å². The molecule has 0 aliphatic heterocycles. The first kappa shape index (κ1) is 14.8. The molecule has 0 saturated heterocycles. The van der Waals surface area contributed by atoms with Gasteiger partial charge in [-0.1, -0.05) is 6.07 Å². The zero-order valence-corrected chi connectivity index (χ0v) is 13.8. The number of amides is 1. The van der Waals surface area contributed by atoms with Crippen LogP contribution >= 0.6 is 11.3 Å². The molecule has 1 N–H and O–H groups in total. The van der Waals surface area contributed by atoms with Crippen molar-refractivity contribution in [2.24, 2.45) is 0 Å². The lowest BCUT2D eigenvalue weighted by Gasteiger charge is -2.04. The molecule has 1 amide bonds. The molecule has 0 fully saturated rings. The van der Waals surface area contributed by atoms with Crippen LogP contribution in [0.25, 0.3) is 21.2 Å². The van der Waals surface area contributed by atoms with Gasteiger partial charge >= 0.3 is 0 Å². The Morgan fingerprint density at radius 2 is 2.08 bits per heavy atom. The molecular weight excluding hydrogens is 327 g/mol. The highest BCUT2D eigenvalue weighted by Crippen LogP contribution is 2.33. The maximum absolute atomic E-state index is 14.0. The highest BCUT2D eigenvalue weighted by Gasteiger charge is 2.18. The molecule has 0 saturated carbocycles. The van der Waals surface area contributed by atoms with Gasteiger partial charge < -0.3 is 9.73 Å². The SMILES string of the molecule is Cc1nc2cc(NC(=O)c3sc4cccc(F)c4c3C)ccc2o1. The van der Waals surface area contributed by atoms with E-state index in [4.69, 9.17) is 4.42 Å². The van der Waals surface area contributed by atoms with Gasteiger partial charge in [-0.2, -0.15) is 0 Å². The van der Waals surface area contributed by atoms with Crippen molar-refractivity contribution < 1.29 is 13.6 Å². The molecule has 0 atom stereocenters. The lowest BCUT2D eigenvalue weighted by Crippen LogP contribution is -2.11. The summed E-state index contributed by atoms with van der Waals surface area (Å²) in [5.41, 5.74) is 2.64. The van der Waals surface area contributed by atoms with Crippen LogP contribution in [0.3, 0.4) is 0 Å². The molecule has 0 unspecified atom stereocenters. The first-order valence-corrected chi connectivity index (χ1v) is 8.21. The number of nitrogens with one attached hydrogen (secondary N) is 1. The minimum Gasteiger partial charge on any atom is -0.441 e.